The zero-order chi connectivity index (χ0) is 14.1. The van der Waals surface area contributed by atoms with Crippen LogP contribution in [0.1, 0.15) is 29.7 Å². The van der Waals surface area contributed by atoms with E-state index in [1.54, 1.807) is 7.11 Å². The van der Waals surface area contributed by atoms with Crippen LogP contribution in [0.2, 0.25) is 0 Å². The molecule has 1 unspecified atom stereocenters. The SMILES string of the molecule is COc1ccccc1C1C[C@H](N)c2ccc(Br)cc2O1. The van der Waals surface area contributed by atoms with Gasteiger partial charge >= 0.3 is 0 Å². The van der Waals surface area contributed by atoms with Crippen molar-refractivity contribution in [3.8, 4) is 11.5 Å². The molecular formula is C16H16BrNO2. The lowest BCUT2D eigenvalue weighted by atomic mass is 9.93. The fraction of sp³-hybridized carbons (Fsp3) is 0.250. The summed E-state index contributed by atoms with van der Waals surface area (Å²) in [6.07, 6.45) is 0.664. The van der Waals surface area contributed by atoms with E-state index in [2.05, 4.69) is 15.9 Å². The van der Waals surface area contributed by atoms with Crippen molar-refractivity contribution < 1.29 is 9.47 Å². The second-order valence-electron chi connectivity index (χ2n) is 4.87. The molecule has 20 heavy (non-hydrogen) atoms. The van der Waals surface area contributed by atoms with Crippen molar-refractivity contribution in [2.75, 3.05) is 7.11 Å². The van der Waals surface area contributed by atoms with Crippen LogP contribution in [0.5, 0.6) is 11.5 Å². The smallest absolute Gasteiger partial charge is 0.129 e. The highest BCUT2D eigenvalue weighted by molar-refractivity contribution is 9.10. The first-order valence-corrected chi connectivity index (χ1v) is 7.33. The van der Waals surface area contributed by atoms with Crippen molar-refractivity contribution >= 4 is 15.9 Å². The van der Waals surface area contributed by atoms with Gasteiger partial charge in [-0.25, -0.2) is 0 Å². The molecule has 2 atom stereocenters. The Kier molecular flexibility index (Phi) is 3.68. The zero-order valence-electron chi connectivity index (χ0n) is 11.2. The van der Waals surface area contributed by atoms with E-state index >= 15 is 0 Å². The third kappa shape index (κ3) is 2.41. The molecule has 104 valence electrons. The molecule has 0 bridgehead atoms. The molecule has 0 saturated heterocycles. The molecule has 0 spiro atoms. The summed E-state index contributed by atoms with van der Waals surface area (Å²) >= 11 is 3.47. The standard InChI is InChI=1S/C16H16BrNO2/c1-19-14-5-3-2-4-12(14)16-9-13(18)11-7-6-10(17)8-15(11)20-16/h2-8,13,16H,9,18H2,1H3/t13-,16?/m0/s1. The van der Waals surface area contributed by atoms with E-state index in [0.717, 1.165) is 33.5 Å². The molecule has 1 heterocycles. The zero-order valence-corrected chi connectivity index (χ0v) is 12.8. The molecule has 1 aliphatic rings. The van der Waals surface area contributed by atoms with Gasteiger partial charge in [0, 0.05) is 28.1 Å². The average molecular weight is 334 g/mol. The second kappa shape index (κ2) is 5.46. The van der Waals surface area contributed by atoms with Gasteiger partial charge in [-0.1, -0.05) is 40.2 Å². The van der Waals surface area contributed by atoms with Crippen LogP contribution in [0.4, 0.5) is 0 Å². The molecule has 0 saturated carbocycles. The fourth-order valence-electron chi connectivity index (χ4n) is 2.60. The lowest BCUT2D eigenvalue weighted by Gasteiger charge is -2.31. The third-order valence-electron chi connectivity index (χ3n) is 3.60. The number of nitrogens with two attached hydrogens (primary N) is 1. The summed E-state index contributed by atoms with van der Waals surface area (Å²) in [7, 11) is 1.67. The molecule has 1 aliphatic heterocycles. The number of halogens is 1. The van der Waals surface area contributed by atoms with Crippen molar-refractivity contribution in [3.05, 3.63) is 58.1 Å². The topological polar surface area (TPSA) is 44.5 Å². The van der Waals surface area contributed by atoms with Crippen molar-refractivity contribution in [3.63, 3.8) is 0 Å². The van der Waals surface area contributed by atoms with Gasteiger partial charge in [-0.05, 0) is 18.2 Å². The van der Waals surface area contributed by atoms with E-state index in [1.165, 1.54) is 0 Å². The number of methoxy groups -OCH3 is 1. The highest BCUT2D eigenvalue weighted by atomic mass is 79.9. The Labute approximate surface area is 126 Å². The maximum absolute atomic E-state index is 6.28. The number of hydrogen-bond donors (Lipinski definition) is 1. The molecule has 3 rings (SSSR count). The summed E-state index contributed by atoms with van der Waals surface area (Å²) in [5.41, 5.74) is 8.37. The Balaban J connectivity index is 1.98. The predicted octanol–water partition coefficient (Wildman–Crippen LogP) is 3.98. The summed E-state index contributed by atoms with van der Waals surface area (Å²) < 4.78 is 12.5. The monoisotopic (exact) mass is 333 g/mol. The lowest BCUT2D eigenvalue weighted by molar-refractivity contribution is 0.158. The van der Waals surface area contributed by atoms with Crippen LogP contribution >= 0.6 is 15.9 Å². The lowest BCUT2D eigenvalue weighted by Crippen LogP contribution is -2.24. The summed E-state index contributed by atoms with van der Waals surface area (Å²) in [6, 6.07) is 13.9. The summed E-state index contributed by atoms with van der Waals surface area (Å²) in [5.74, 6) is 1.68. The highest BCUT2D eigenvalue weighted by Crippen LogP contribution is 2.42. The van der Waals surface area contributed by atoms with Crippen molar-refractivity contribution in [2.45, 2.75) is 18.6 Å². The summed E-state index contributed by atoms with van der Waals surface area (Å²) in [5, 5.41) is 0. The van der Waals surface area contributed by atoms with E-state index in [4.69, 9.17) is 15.2 Å². The number of para-hydroxylation sites is 1. The van der Waals surface area contributed by atoms with Gasteiger partial charge in [0.25, 0.3) is 0 Å². The molecule has 0 amide bonds. The Morgan fingerprint density at radius 1 is 1.20 bits per heavy atom. The van der Waals surface area contributed by atoms with Gasteiger partial charge in [0.1, 0.15) is 17.6 Å². The Hall–Kier alpha value is -1.52. The Morgan fingerprint density at radius 3 is 2.80 bits per heavy atom. The first-order valence-electron chi connectivity index (χ1n) is 6.53. The first kappa shape index (κ1) is 13.5. The second-order valence-corrected chi connectivity index (χ2v) is 5.79. The van der Waals surface area contributed by atoms with E-state index < -0.39 is 0 Å². The minimum atomic E-state index is -0.0806. The van der Waals surface area contributed by atoms with Gasteiger partial charge in [0.05, 0.1) is 7.11 Å². The normalized spacial score (nSPS) is 20.9. The quantitative estimate of drug-likeness (QED) is 0.903. The number of fused-ring (bicyclic) bond motifs is 1. The molecule has 3 nitrogen and oxygen atoms in total. The molecule has 2 aromatic carbocycles. The molecule has 2 N–H and O–H groups in total. The predicted molar refractivity (Wildman–Crippen MR) is 82.1 cm³/mol. The summed E-state index contributed by atoms with van der Waals surface area (Å²) in [6.45, 7) is 0. The maximum atomic E-state index is 6.28. The van der Waals surface area contributed by atoms with Crippen molar-refractivity contribution in [2.24, 2.45) is 5.73 Å². The maximum Gasteiger partial charge on any atom is 0.129 e. The van der Waals surface area contributed by atoms with Crippen LogP contribution in [0.15, 0.2) is 46.9 Å². The molecule has 0 aliphatic carbocycles. The molecule has 2 aromatic rings. The van der Waals surface area contributed by atoms with E-state index in [-0.39, 0.29) is 12.1 Å². The molecule has 0 fully saturated rings. The highest BCUT2D eigenvalue weighted by Gasteiger charge is 2.28. The molecule has 0 radical (unpaired) electrons. The number of rotatable bonds is 2. The van der Waals surface area contributed by atoms with Crippen LogP contribution in [-0.2, 0) is 0 Å². The molecular weight excluding hydrogens is 318 g/mol. The van der Waals surface area contributed by atoms with E-state index in [0.29, 0.717) is 0 Å². The van der Waals surface area contributed by atoms with Gasteiger partial charge in [-0.15, -0.1) is 0 Å². The Morgan fingerprint density at radius 2 is 2.00 bits per heavy atom. The average Bonchev–Trinajstić information content (AvgIpc) is 2.46. The first-order chi connectivity index (χ1) is 9.69. The minimum absolute atomic E-state index is 0.0261. The van der Waals surface area contributed by atoms with Crippen molar-refractivity contribution in [1.82, 2.24) is 0 Å². The van der Waals surface area contributed by atoms with Crippen LogP contribution in [-0.4, -0.2) is 7.11 Å². The molecule has 4 heteroatoms. The van der Waals surface area contributed by atoms with Gasteiger partial charge < -0.3 is 15.2 Å². The fourth-order valence-corrected chi connectivity index (χ4v) is 2.94. The number of ether oxygens (including phenoxy) is 2. The van der Waals surface area contributed by atoms with Crippen LogP contribution in [0.3, 0.4) is 0 Å². The van der Waals surface area contributed by atoms with Gasteiger partial charge in [-0.2, -0.15) is 0 Å². The van der Waals surface area contributed by atoms with Gasteiger partial charge in [0.2, 0.25) is 0 Å². The van der Waals surface area contributed by atoms with Crippen LogP contribution in [0.25, 0.3) is 0 Å². The minimum Gasteiger partial charge on any atom is -0.496 e. The van der Waals surface area contributed by atoms with E-state index in [9.17, 15) is 0 Å². The van der Waals surface area contributed by atoms with Crippen LogP contribution < -0.4 is 15.2 Å². The van der Waals surface area contributed by atoms with Crippen molar-refractivity contribution in [1.29, 1.82) is 0 Å². The van der Waals surface area contributed by atoms with Gasteiger partial charge in [0.15, 0.2) is 0 Å². The van der Waals surface area contributed by atoms with Crippen LogP contribution in [0, 0.1) is 0 Å². The number of benzene rings is 2. The molecule has 0 aromatic heterocycles. The summed E-state index contributed by atoms with van der Waals surface area (Å²) in [4.78, 5) is 0. The largest absolute Gasteiger partial charge is 0.496 e. The Bertz CT molecular complexity index is 630. The third-order valence-corrected chi connectivity index (χ3v) is 4.09. The van der Waals surface area contributed by atoms with Gasteiger partial charge in [-0.3, -0.25) is 0 Å². The van der Waals surface area contributed by atoms with E-state index in [1.807, 2.05) is 42.5 Å². The number of hydrogen-bond acceptors (Lipinski definition) is 3.